The Hall–Kier alpha value is -2.80. The molecule has 2 aromatic rings. The maximum Gasteiger partial charge on any atom is 0.335 e. The molecule has 0 amide bonds. The number of hydrogen-bond donors (Lipinski definition) is 2. The average Bonchev–Trinajstić information content (AvgIpc) is 3.19. The highest BCUT2D eigenvalue weighted by atomic mass is 16.5. The molecule has 0 spiro atoms. The van der Waals surface area contributed by atoms with E-state index in [1.807, 2.05) is 32.9 Å². The van der Waals surface area contributed by atoms with Gasteiger partial charge in [0.15, 0.2) is 11.4 Å². The van der Waals surface area contributed by atoms with Crippen molar-refractivity contribution in [2.24, 2.45) is 5.41 Å². The number of nitrogens with zero attached hydrogens (tertiary/aromatic N) is 2. The number of aliphatic carboxylic acids is 1. The molecule has 188 valence electrons. The molecule has 1 fully saturated rings. The number of Topliss-reactive ketones (excluding diaryl/α,β-unsaturated/α-hetero) is 1. The van der Waals surface area contributed by atoms with Gasteiger partial charge in [0.2, 0.25) is 5.78 Å². The molecule has 7 heteroatoms. The van der Waals surface area contributed by atoms with E-state index in [2.05, 4.69) is 29.9 Å². The fraction of sp³-hybridized carbons (Fsp3) is 0.571. The normalized spacial score (nSPS) is 25.7. The van der Waals surface area contributed by atoms with Gasteiger partial charge in [-0.05, 0) is 82.4 Å². The zero-order valence-corrected chi connectivity index (χ0v) is 21.7. The number of nitrogens with one attached hydrogen (secondary N) is 1. The average molecular weight is 480 g/mol. The minimum Gasteiger partial charge on any atom is -0.479 e. The van der Waals surface area contributed by atoms with Crippen LogP contribution in [0.2, 0.25) is 0 Å². The molecular weight excluding hydrogens is 442 g/mol. The topological polar surface area (TPSA) is 105 Å². The molecule has 0 bridgehead atoms. The number of aromatic nitrogens is 3. The lowest BCUT2D eigenvalue weighted by atomic mass is 9.76. The first-order chi connectivity index (χ1) is 16.3. The van der Waals surface area contributed by atoms with E-state index in [-0.39, 0.29) is 23.5 Å². The van der Waals surface area contributed by atoms with Crippen molar-refractivity contribution < 1.29 is 19.4 Å². The first kappa shape index (κ1) is 25.3. The number of ketones is 1. The van der Waals surface area contributed by atoms with Gasteiger partial charge < -0.3 is 14.8 Å². The van der Waals surface area contributed by atoms with Gasteiger partial charge in [-0.15, -0.1) is 0 Å². The van der Waals surface area contributed by atoms with Crippen LogP contribution < -0.4 is 0 Å². The van der Waals surface area contributed by atoms with Gasteiger partial charge in [0.1, 0.15) is 0 Å². The van der Waals surface area contributed by atoms with Gasteiger partial charge in [-0.2, -0.15) is 0 Å². The zero-order valence-electron chi connectivity index (χ0n) is 21.7. The van der Waals surface area contributed by atoms with Crippen molar-refractivity contribution in [1.82, 2.24) is 15.0 Å². The second-order valence-electron chi connectivity index (χ2n) is 11.9. The zero-order chi connectivity index (χ0) is 25.6. The molecule has 0 aromatic carbocycles. The van der Waals surface area contributed by atoms with Crippen LogP contribution in [0, 0.1) is 12.3 Å². The molecule has 3 heterocycles. The summed E-state index contributed by atoms with van der Waals surface area (Å²) in [5.41, 5.74) is 3.00. The number of carboxylic acid groups (broad SMARTS) is 1. The number of pyridine rings is 1. The molecule has 2 N–H and O–H groups in total. The number of rotatable bonds is 6. The Kier molecular flexibility index (Phi) is 6.51. The molecule has 0 radical (unpaired) electrons. The molecule has 1 aliphatic heterocycles. The number of carboxylic acids is 1. The van der Waals surface area contributed by atoms with E-state index in [0.29, 0.717) is 18.7 Å². The van der Waals surface area contributed by atoms with Crippen molar-refractivity contribution in [3.63, 3.8) is 0 Å². The van der Waals surface area contributed by atoms with Crippen molar-refractivity contribution in [2.45, 2.75) is 97.2 Å². The van der Waals surface area contributed by atoms with Crippen LogP contribution in [0.15, 0.2) is 24.4 Å². The quantitative estimate of drug-likeness (QED) is 0.519. The van der Waals surface area contributed by atoms with E-state index < -0.39 is 17.2 Å². The predicted octanol–water partition coefficient (Wildman–Crippen LogP) is 5.65. The van der Waals surface area contributed by atoms with Crippen molar-refractivity contribution in [3.05, 3.63) is 52.9 Å². The third-order valence-electron chi connectivity index (χ3n) is 7.34. The highest BCUT2D eigenvalue weighted by molar-refractivity contribution is 5.94. The molecule has 0 unspecified atom stereocenters. The Morgan fingerprint density at radius 3 is 2.51 bits per heavy atom. The van der Waals surface area contributed by atoms with Gasteiger partial charge in [-0.25, -0.2) is 9.78 Å². The number of aromatic amines is 1. The molecule has 35 heavy (non-hydrogen) atoms. The van der Waals surface area contributed by atoms with Crippen LogP contribution in [0.1, 0.15) is 106 Å². The van der Waals surface area contributed by atoms with E-state index in [4.69, 9.17) is 9.72 Å². The summed E-state index contributed by atoms with van der Waals surface area (Å²) in [6, 6.07) is 3.95. The molecule has 1 saturated heterocycles. The van der Waals surface area contributed by atoms with Gasteiger partial charge in [-0.3, -0.25) is 9.78 Å². The Morgan fingerprint density at radius 2 is 1.91 bits per heavy atom. The highest BCUT2D eigenvalue weighted by Gasteiger charge is 2.48. The molecule has 2 aliphatic rings. The number of ether oxygens (including phenoxy) is 1. The lowest BCUT2D eigenvalue weighted by Crippen LogP contribution is -2.51. The second kappa shape index (κ2) is 9.01. The summed E-state index contributed by atoms with van der Waals surface area (Å²) in [6.45, 7) is 11.9. The lowest BCUT2D eigenvalue weighted by molar-refractivity contribution is -0.200. The molecule has 2 atom stereocenters. The SMILES string of the molecule is Cc1cnc(C(=O)Cc2ccc([C@H]3CC(C)(C)O[C@](C)(C(=O)O)C3)nc2C2=CCC(C)(C)CC2)[nH]1. The summed E-state index contributed by atoms with van der Waals surface area (Å²) in [5.74, 6) is -0.726. The number of carbonyl (C=O) groups excluding carboxylic acids is 1. The standard InChI is InChI=1S/C28H37N3O4/c1-17-16-29-24(30-17)22(32)13-19-7-8-21(31-23(19)18-9-11-26(2,3)12-10-18)20-14-27(4,5)35-28(6,15-20)25(33)34/h7-9,16,20H,10-15H2,1-6H3,(H,29,30)(H,33,34)/t20-,28-/m0/s1. The Balaban J connectivity index is 1.72. The number of imidazole rings is 1. The molecule has 1 aliphatic carbocycles. The monoisotopic (exact) mass is 479 g/mol. The Bertz CT molecular complexity index is 1180. The lowest BCUT2D eigenvalue weighted by Gasteiger charge is -2.44. The largest absolute Gasteiger partial charge is 0.479 e. The van der Waals surface area contributed by atoms with Crippen LogP contribution in [0.3, 0.4) is 0 Å². The van der Waals surface area contributed by atoms with Crippen molar-refractivity contribution in [2.75, 3.05) is 0 Å². The highest BCUT2D eigenvalue weighted by Crippen LogP contribution is 2.44. The first-order valence-electron chi connectivity index (χ1n) is 12.4. The third-order valence-corrected chi connectivity index (χ3v) is 7.34. The number of H-pyrrole nitrogens is 1. The summed E-state index contributed by atoms with van der Waals surface area (Å²) < 4.78 is 5.98. The van der Waals surface area contributed by atoms with Crippen molar-refractivity contribution in [3.8, 4) is 0 Å². The maximum atomic E-state index is 13.0. The third kappa shape index (κ3) is 5.56. The summed E-state index contributed by atoms with van der Waals surface area (Å²) in [5, 5.41) is 9.85. The fourth-order valence-electron chi connectivity index (χ4n) is 5.42. The number of aryl methyl sites for hydroxylation is 1. The fourth-order valence-corrected chi connectivity index (χ4v) is 5.42. The van der Waals surface area contributed by atoms with Crippen LogP contribution in [-0.2, 0) is 16.0 Å². The van der Waals surface area contributed by atoms with Crippen LogP contribution in [0.5, 0.6) is 0 Å². The number of hydrogen-bond acceptors (Lipinski definition) is 5. The molecule has 7 nitrogen and oxygen atoms in total. The summed E-state index contributed by atoms with van der Waals surface area (Å²) in [4.78, 5) is 37.3. The minimum absolute atomic E-state index is 0.0586. The maximum absolute atomic E-state index is 13.0. The Morgan fingerprint density at radius 1 is 1.17 bits per heavy atom. The van der Waals surface area contributed by atoms with Crippen LogP contribution in [-0.4, -0.2) is 43.0 Å². The van der Waals surface area contributed by atoms with Gasteiger partial charge in [-0.1, -0.05) is 26.0 Å². The molecule has 4 rings (SSSR count). The summed E-state index contributed by atoms with van der Waals surface area (Å²) in [7, 11) is 0. The van der Waals surface area contributed by atoms with E-state index in [1.165, 1.54) is 0 Å². The minimum atomic E-state index is -1.27. The Labute approximate surface area is 207 Å². The van der Waals surface area contributed by atoms with E-state index in [9.17, 15) is 14.7 Å². The van der Waals surface area contributed by atoms with Crippen LogP contribution >= 0.6 is 0 Å². The molecule has 2 aromatic heterocycles. The van der Waals surface area contributed by atoms with Gasteiger partial charge in [0.25, 0.3) is 0 Å². The van der Waals surface area contributed by atoms with Crippen molar-refractivity contribution in [1.29, 1.82) is 0 Å². The molecule has 0 saturated carbocycles. The second-order valence-corrected chi connectivity index (χ2v) is 11.9. The van der Waals surface area contributed by atoms with Gasteiger partial charge >= 0.3 is 5.97 Å². The van der Waals surface area contributed by atoms with Crippen molar-refractivity contribution >= 4 is 17.3 Å². The summed E-state index contributed by atoms with van der Waals surface area (Å²) in [6.07, 6.45) is 8.08. The van der Waals surface area contributed by atoms with E-state index in [1.54, 1.807) is 13.1 Å². The van der Waals surface area contributed by atoms with E-state index >= 15 is 0 Å². The number of carbonyl (C=O) groups is 2. The van der Waals surface area contributed by atoms with Crippen LogP contribution in [0.25, 0.3) is 5.57 Å². The first-order valence-corrected chi connectivity index (χ1v) is 12.4. The predicted molar refractivity (Wildman–Crippen MR) is 134 cm³/mol. The van der Waals surface area contributed by atoms with Crippen LogP contribution in [0.4, 0.5) is 0 Å². The van der Waals surface area contributed by atoms with Gasteiger partial charge in [0.05, 0.1) is 11.3 Å². The number of allylic oxidation sites excluding steroid dienone is 2. The van der Waals surface area contributed by atoms with E-state index in [0.717, 1.165) is 47.5 Å². The summed E-state index contributed by atoms with van der Waals surface area (Å²) >= 11 is 0. The van der Waals surface area contributed by atoms with Gasteiger partial charge in [0, 0.05) is 29.9 Å². The molecular formula is C28H37N3O4. The smallest absolute Gasteiger partial charge is 0.335 e.